The molecule has 0 spiro atoms. The molecule has 1 heterocycles. The smallest absolute Gasteiger partial charge is 0.0807 e. The SMILES string of the molecule is CC[C@H](O)c1ccccc1N1CCC(C(C)C)CC1. The van der Waals surface area contributed by atoms with Gasteiger partial charge in [0.15, 0.2) is 0 Å². The molecule has 1 aromatic rings. The zero-order valence-corrected chi connectivity index (χ0v) is 12.5. The topological polar surface area (TPSA) is 23.5 Å². The van der Waals surface area contributed by atoms with Crippen molar-refractivity contribution in [2.45, 2.75) is 46.1 Å². The first kappa shape index (κ1) is 14.4. The van der Waals surface area contributed by atoms with Crippen molar-refractivity contribution in [3.8, 4) is 0 Å². The average molecular weight is 261 g/mol. The molecule has 0 aromatic heterocycles. The Morgan fingerprint density at radius 3 is 2.42 bits per heavy atom. The van der Waals surface area contributed by atoms with Gasteiger partial charge in [0, 0.05) is 24.3 Å². The third kappa shape index (κ3) is 3.30. The van der Waals surface area contributed by atoms with Crippen molar-refractivity contribution in [1.82, 2.24) is 0 Å². The highest BCUT2D eigenvalue weighted by atomic mass is 16.3. The van der Waals surface area contributed by atoms with Crippen molar-refractivity contribution >= 4 is 5.69 Å². The minimum absolute atomic E-state index is 0.334. The second kappa shape index (κ2) is 6.42. The number of rotatable bonds is 4. The lowest BCUT2D eigenvalue weighted by Gasteiger charge is -2.36. The van der Waals surface area contributed by atoms with Crippen LogP contribution in [0.2, 0.25) is 0 Å². The Morgan fingerprint density at radius 2 is 1.84 bits per heavy atom. The fraction of sp³-hybridized carbons (Fsp3) is 0.647. The number of hydrogen-bond donors (Lipinski definition) is 1. The number of aliphatic hydroxyl groups is 1. The molecule has 19 heavy (non-hydrogen) atoms. The lowest BCUT2D eigenvalue weighted by molar-refractivity contribution is 0.173. The van der Waals surface area contributed by atoms with Gasteiger partial charge in [-0.2, -0.15) is 0 Å². The van der Waals surface area contributed by atoms with Gasteiger partial charge in [0.05, 0.1) is 6.10 Å². The van der Waals surface area contributed by atoms with E-state index in [1.165, 1.54) is 18.5 Å². The van der Waals surface area contributed by atoms with Gasteiger partial charge in [-0.1, -0.05) is 39.0 Å². The summed E-state index contributed by atoms with van der Waals surface area (Å²) in [4.78, 5) is 2.45. The standard InChI is InChI=1S/C17H27NO/c1-4-17(19)15-7-5-6-8-16(15)18-11-9-14(10-12-18)13(2)3/h5-8,13-14,17,19H,4,9-12H2,1-3H3/t17-/m0/s1. The largest absolute Gasteiger partial charge is 0.388 e. The normalized spacial score (nSPS) is 18.9. The fourth-order valence-corrected chi connectivity index (χ4v) is 3.08. The Kier molecular flexibility index (Phi) is 4.87. The van der Waals surface area contributed by atoms with Crippen molar-refractivity contribution in [2.75, 3.05) is 18.0 Å². The second-order valence-corrected chi connectivity index (χ2v) is 6.05. The van der Waals surface area contributed by atoms with E-state index in [0.29, 0.717) is 0 Å². The molecule has 1 aromatic carbocycles. The van der Waals surface area contributed by atoms with Crippen LogP contribution in [0.5, 0.6) is 0 Å². The third-order valence-corrected chi connectivity index (χ3v) is 4.51. The molecule has 2 heteroatoms. The Balaban J connectivity index is 2.11. The number of piperidine rings is 1. The van der Waals surface area contributed by atoms with Crippen LogP contribution in [0.4, 0.5) is 5.69 Å². The van der Waals surface area contributed by atoms with Crippen LogP contribution in [0.15, 0.2) is 24.3 Å². The zero-order chi connectivity index (χ0) is 13.8. The van der Waals surface area contributed by atoms with E-state index in [4.69, 9.17) is 0 Å². The van der Waals surface area contributed by atoms with Gasteiger partial charge in [0.25, 0.3) is 0 Å². The quantitative estimate of drug-likeness (QED) is 0.885. The van der Waals surface area contributed by atoms with E-state index < -0.39 is 0 Å². The minimum Gasteiger partial charge on any atom is -0.388 e. The Labute approximate surface area is 117 Å². The van der Waals surface area contributed by atoms with Crippen LogP contribution in [0.25, 0.3) is 0 Å². The highest BCUT2D eigenvalue weighted by molar-refractivity contribution is 5.54. The van der Waals surface area contributed by atoms with E-state index >= 15 is 0 Å². The molecule has 1 aliphatic heterocycles. The lowest BCUT2D eigenvalue weighted by atomic mass is 9.86. The van der Waals surface area contributed by atoms with Crippen molar-refractivity contribution in [1.29, 1.82) is 0 Å². The number of aliphatic hydroxyl groups excluding tert-OH is 1. The summed E-state index contributed by atoms with van der Waals surface area (Å²) in [5, 5.41) is 10.2. The van der Waals surface area contributed by atoms with Crippen molar-refractivity contribution in [2.24, 2.45) is 11.8 Å². The predicted octanol–water partition coefficient (Wildman–Crippen LogP) is 4.00. The summed E-state index contributed by atoms with van der Waals surface area (Å²) < 4.78 is 0. The van der Waals surface area contributed by atoms with Gasteiger partial charge in [0.2, 0.25) is 0 Å². The molecule has 0 amide bonds. The maximum atomic E-state index is 10.2. The summed E-state index contributed by atoms with van der Waals surface area (Å²) in [5.74, 6) is 1.65. The van der Waals surface area contributed by atoms with Gasteiger partial charge in [-0.15, -0.1) is 0 Å². The number of para-hydroxylation sites is 1. The van der Waals surface area contributed by atoms with E-state index in [-0.39, 0.29) is 6.10 Å². The van der Waals surface area contributed by atoms with Gasteiger partial charge in [-0.3, -0.25) is 0 Å². The highest BCUT2D eigenvalue weighted by Gasteiger charge is 2.23. The lowest BCUT2D eigenvalue weighted by Crippen LogP contribution is -2.35. The van der Waals surface area contributed by atoms with Crippen LogP contribution >= 0.6 is 0 Å². The number of nitrogens with zero attached hydrogens (tertiary/aromatic N) is 1. The number of hydrogen-bond acceptors (Lipinski definition) is 2. The van der Waals surface area contributed by atoms with Crippen molar-refractivity contribution in [3.63, 3.8) is 0 Å². The van der Waals surface area contributed by atoms with E-state index in [1.54, 1.807) is 0 Å². The fourth-order valence-electron chi connectivity index (χ4n) is 3.08. The molecular formula is C17H27NO. The van der Waals surface area contributed by atoms with Gasteiger partial charge in [-0.25, -0.2) is 0 Å². The molecular weight excluding hydrogens is 234 g/mol. The van der Waals surface area contributed by atoms with Gasteiger partial charge in [-0.05, 0) is 37.2 Å². The molecule has 1 atom stereocenters. The molecule has 2 rings (SSSR count). The predicted molar refractivity (Wildman–Crippen MR) is 81.5 cm³/mol. The first-order chi connectivity index (χ1) is 9.13. The zero-order valence-electron chi connectivity index (χ0n) is 12.5. The number of benzene rings is 1. The number of anilines is 1. The first-order valence-corrected chi connectivity index (χ1v) is 7.65. The molecule has 106 valence electrons. The maximum Gasteiger partial charge on any atom is 0.0807 e. The molecule has 1 saturated heterocycles. The molecule has 0 unspecified atom stereocenters. The summed E-state index contributed by atoms with van der Waals surface area (Å²) in [7, 11) is 0. The summed E-state index contributed by atoms with van der Waals surface area (Å²) in [5.41, 5.74) is 2.33. The van der Waals surface area contributed by atoms with Crippen LogP contribution in [0, 0.1) is 11.8 Å². The van der Waals surface area contributed by atoms with Gasteiger partial charge >= 0.3 is 0 Å². The molecule has 2 nitrogen and oxygen atoms in total. The van der Waals surface area contributed by atoms with Crippen LogP contribution in [0.3, 0.4) is 0 Å². The van der Waals surface area contributed by atoms with Crippen LogP contribution in [-0.2, 0) is 0 Å². The Morgan fingerprint density at radius 1 is 1.21 bits per heavy atom. The minimum atomic E-state index is -0.334. The van der Waals surface area contributed by atoms with Crippen molar-refractivity contribution in [3.05, 3.63) is 29.8 Å². The van der Waals surface area contributed by atoms with Crippen LogP contribution < -0.4 is 4.90 Å². The monoisotopic (exact) mass is 261 g/mol. The molecule has 1 fully saturated rings. The second-order valence-electron chi connectivity index (χ2n) is 6.05. The third-order valence-electron chi connectivity index (χ3n) is 4.51. The van der Waals surface area contributed by atoms with Crippen molar-refractivity contribution < 1.29 is 5.11 Å². The molecule has 1 N–H and O–H groups in total. The maximum absolute atomic E-state index is 10.2. The molecule has 0 saturated carbocycles. The van der Waals surface area contributed by atoms with E-state index in [9.17, 15) is 5.11 Å². The highest BCUT2D eigenvalue weighted by Crippen LogP contribution is 2.32. The summed E-state index contributed by atoms with van der Waals surface area (Å²) in [6.07, 6.45) is 2.99. The summed E-state index contributed by atoms with van der Waals surface area (Å²) >= 11 is 0. The Hall–Kier alpha value is -1.02. The molecule has 1 aliphatic rings. The summed E-state index contributed by atoms with van der Waals surface area (Å²) in [6, 6.07) is 8.33. The van der Waals surface area contributed by atoms with Gasteiger partial charge < -0.3 is 10.0 Å². The van der Waals surface area contributed by atoms with Gasteiger partial charge in [0.1, 0.15) is 0 Å². The van der Waals surface area contributed by atoms with Crippen LogP contribution in [-0.4, -0.2) is 18.2 Å². The van der Waals surface area contributed by atoms with E-state index in [1.807, 2.05) is 13.0 Å². The average Bonchev–Trinajstić information content (AvgIpc) is 2.46. The molecule has 0 aliphatic carbocycles. The van der Waals surface area contributed by atoms with Crippen LogP contribution in [0.1, 0.15) is 51.7 Å². The van der Waals surface area contributed by atoms with E-state index in [0.717, 1.165) is 36.9 Å². The Bertz CT molecular complexity index is 394. The molecule has 0 bridgehead atoms. The first-order valence-electron chi connectivity index (χ1n) is 7.65. The summed E-state index contributed by atoms with van der Waals surface area (Å²) in [6.45, 7) is 8.93. The molecule has 0 radical (unpaired) electrons. The van der Waals surface area contributed by atoms with E-state index in [2.05, 4.69) is 36.9 Å².